The van der Waals surface area contributed by atoms with Crippen LogP contribution in [-0.4, -0.2) is 25.2 Å². The molecule has 2 rings (SSSR count). The van der Waals surface area contributed by atoms with E-state index in [1.165, 1.54) is 30.5 Å². The molecule has 1 fully saturated rings. The van der Waals surface area contributed by atoms with Crippen LogP contribution in [0.3, 0.4) is 0 Å². The van der Waals surface area contributed by atoms with E-state index in [0.29, 0.717) is 18.0 Å². The van der Waals surface area contributed by atoms with Crippen molar-refractivity contribution < 1.29 is 0 Å². The summed E-state index contributed by atoms with van der Waals surface area (Å²) in [6, 6.07) is 10.4. The van der Waals surface area contributed by atoms with E-state index in [9.17, 15) is 0 Å². The maximum atomic E-state index is 3.61. The third-order valence-corrected chi connectivity index (χ3v) is 4.40. The van der Waals surface area contributed by atoms with E-state index < -0.39 is 0 Å². The smallest absolute Gasteiger partial charge is 0.0438 e. The summed E-state index contributed by atoms with van der Waals surface area (Å²) in [5, 5.41) is 3.61. The van der Waals surface area contributed by atoms with Crippen LogP contribution in [0, 0.1) is 5.92 Å². The Morgan fingerprint density at radius 3 is 2.55 bits per heavy atom. The van der Waals surface area contributed by atoms with Gasteiger partial charge in [0.1, 0.15) is 0 Å². The molecule has 0 aliphatic carbocycles. The lowest BCUT2D eigenvalue weighted by molar-refractivity contribution is 0.349. The van der Waals surface area contributed by atoms with Gasteiger partial charge < -0.3 is 10.2 Å². The van der Waals surface area contributed by atoms with Gasteiger partial charge in [-0.15, -0.1) is 0 Å². The van der Waals surface area contributed by atoms with E-state index in [1.807, 2.05) is 0 Å². The van der Waals surface area contributed by atoms with E-state index in [4.69, 9.17) is 0 Å². The van der Waals surface area contributed by atoms with E-state index in [-0.39, 0.29) is 0 Å². The van der Waals surface area contributed by atoms with Gasteiger partial charge in [0.25, 0.3) is 0 Å². The Balaban J connectivity index is 2.10. The van der Waals surface area contributed by atoms with Crippen LogP contribution in [0.5, 0.6) is 0 Å². The second-order valence-electron chi connectivity index (χ2n) is 6.54. The molecule has 0 spiro atoms. The van der Waals surface area contributed by atoms with Crippen LogP contribution in [-0.2, 0) is 6.42 Å². The number of hydrogen-bond acceptors (Lipinski definition) is 2. The molecule has 1 aliphatic heterocycles. The highest BCUT2D eigenvalue weighted by Crippen LogP contribution is 2.24. The Morgan fingerprint density at radius 2 is 1.95 bits per heavy atom. The third-order valence-electron chi connectivity index (χ3n) is 4.40. The molecule has 2 atom stereocenters. The summed E-state index contributed by atoms with van der Waals surface area (Å²) in [6.07, 6.45) is 3.77. The highest BCUT2D eigenvalue weighted by molar-refractivity contribution is 5.49. The van der Waals surface area contributed by atoms with Gasteiger partial charge in [0.2, 0.25) is 0 Å². The summed E-state index contributed by atoms with van der Waals surface area (Å²) in [7, 11) is 0. The maximum Gasteiger partial charge on any atom is 0.0438 e. The van der Waals surface area contributed by atoms with Crippen molar-refractivity contribution in [1.29, 1.82) is 0 Å². The van der Waals surface area contributed by atoms with Gasteiger partial charge in [-0.2, -0.15) is 0 Å². The van der Waals surface area contributed by atoms with Crippen LogP contribution in [0.2, 0.25) is 0 Å². The predicted octanol–water partition coefficient (Wildman–Crippen LogP) is 3.85. The van der Waals surface area contributed by atoms with Gasteiger partial charge in [-0.3, -0.25) is 0 Å². The first kappa shape index (κ1) is 15.4. The molecule has 1 aliphatic rings. The summed E-state index contributed by atoms with van der Waals surface area (Å²) < 4.78 is 0. The average molecular weight is 274 g/mol. The van der Waals surface area contributed by atoms with Crippen LogP contribution in [0.25, 0.3) is 0 Å². The number of rotatable bonds is 5. The Labute approximate surface area is 124 Å². The van der Waals surface area contributed by atoms with Crippen LogP contribution >= 0.6 is 0 Å². The van der Waals surface area contributed by atoms with Crippen molar-refractivity contribution in [2.24, 2.45) is 5.92 Å². The monoisotopic (exact) mass is 274 g/mol. The molecule has 112 valence electrons. The van der Waals surface area contributed by atoms with Crippen LogP contribution in [0.4, 0.5) is 5.69 Å². The molecule has 0 bridgehead atoms. The number of anilines is 1. The van der Waals surface area contributed by atoms with E-state index in [1.54, 1.807) is 0 Å². The van der Waals surface area contributed by atoms with Crippen molar-refractivity contribution in [3.63, 3.8) is 0 Å². The Bertz CT molecular complexity index is 396. The molecule has 1 saturated heterocycles. The second kappa shape index (κ2) is 7.12. The third kappa shape index (κ3) is 3.76. The zero-order chi connectivity index (χ0) is 14.5. The second-order valence-corrected chi connectivity index (χ2v) is 6.54. The van der Waals surface area contributed by atoms with Crippen LogP contribution < -0.4 is 10.2 Å². The van der Waals surface area contributed by atoms with Gasteiger partial charge in [0.05, 0.1) is 0 Å². The number of nitrogens with one attached hydrogen (secondary N) is 1. The maximum absolute atomic E-state index is 3.61. The number of benzene rings is 1. The standard InChI is InChI=1S/C18H30N2/c1-5-6-7-16-8-10-17(11-9-16)20-13-15(4)19-12-18(20)14(2)3/h8-11,14-15,18-19H,5-7,12-13H2,1-4H3. The van der Waals surface area contributed by atoms with Crippen molar-refractivity contribution in [1.82, 2.24) is 5.32 Å². The average Bonchev–Trinajstić information content (AvgIpc) is 2.45. The van der Waals surface area contributed by atoms with Gasteiger partial charge in [0, 0.05) is 30.9 Å². The molecule has 2 nitrogen and oxygen atoms in total. The van der Waals surface area contributed by atoms with E-state index in [2.05, 4.69) is 62.2 Å². The quantitative estimate of drug-likeness (QED) is 0.877. The number of unbranched alkanes of at least 4 members (excludes halogenated alkanes) is 1. The molecule has 0 aromatic heterocycles. The minimum Gasteiger partial charge on any atom is -0.365 e. The fourth-order valence-electron chi connectivity index (χ4n) is 3.05. The van der Waals surface area contributed by atoms with Crippen molar-refractivity contribution in [3.05, 3.63) is 29.8 Å². The van der Waals surface area contributed by atoms with Crippen molar-refractivity contribution in [2.75, 3.05) is 18.0 Å². The number of piperazine rings is 1. The van der Waals surface area contributed by atoms with Gasteiger partial charge in [-0.05, 0) is 43.4 Å². The van der Waals surface area contributed by atoms with E-state index >= 15 is 0 Å². The first-order valence-corrected chi connectivity index (χ1v) is 8.20. The Hall–Kier alpha value is -1.02. The Morgan fingerprint density at radius 1 is 1.25 bits per heavy atom. The molecular formula is C18H30N2. The lowest BCUT2D eigenvalue weighted by atomic mass is 9.97. The fraction of sp³-hybridized carbons (Fsp3) is 0.667. The molecule has 1 aromatic rings. The number of hydrogen-bond donors (Lipinski definition) is 1. The molecule has 0 saturated carbocycles. The molecule has 1 aromatic carbocycles. The largest absolute Gasteiger partial charge is 0.365 e. The molecule has 2 heteroatoms. The van der Waals surface area contributed by atoms with Crippen LogP contribution in [0.1, 0.15) is 46.1 Å². The molecule has 1 N–H and O–H groups in total. The van der Waals surface area contributed by atoms with Gasteiger partial charge in [-0.25, -0.2) is 0 Å². The Kier molecular flexibility index (Phi) is 5.47. The fourth-order valence-corrected chi connectivity index (χ4v) is 3.05. The van der Waals surface area contributed by atoms with E-state index in [0.717, 1.165) is 13.1 Å². The van der Waals surface area contributed by atoms with Crippen molar-refractivity contribution in [3.8, 4) is 0 Å². The minimum absolute atomic E-state index is 0.574. The van der Waals surface area contributed by atoms with Crippen LogP contribution in [0.15, 0.2) is 24.3 Å². The lowest BCUT2D eigenvalue weighted by Gasteiger charge is -2.43. The molecule has 20 heavy (non-hydrogen) atoms. The van der Waals surface area contributed by atoms with Crippen molar-refractivity contribution >= 4 is 5.69 Å². The first-order chi connectivity index (χ1) is 9.61. The summed E-state index contributed by atoms with van der Waals surface area (Å²) in [6.45, 7) is 11.4. The summed E-state index contributed by atoms with van der Waals surface area (Å²) in [5.41, 5.74) is 2.86. The number of aryl methyl sites for hydroxylation is 1. The highest BCUT2D eigenvalue weighted by atomic mass is 15.2. The topological polar surface area (TPSA) is 15.3 Å². The van der Waals surface area contributed by atoms with Gasteiger partial charge in [0.15, 0.2) is 0 Å². The molecule has 0 amide bonds. The highest BCUT2D eigenvalue weighted by Gasteiger charge is 2.28. The minimum atomic E-state index is 0.574. The zero-order valence-corrected chi connectivity index (χ0v) is 13.5. The molecule has 1 heterocycles. The summed E-state index contributed by atoms with van der Waals surface area (Å²) in [5.74, 6) is 0.676. The molecule has 0 radical (unpaired) electrons. The zero-order valence-electron chi connectivity index (χ0n) is 13.5. The summed E-state index contributed by atoms with van der Waals surface area (Å²) >= 11 is 0. The number of nitrogens with zero attached hydrogens (tertiary/aromatic N) is 1. The molecular weight excluding hydrogens is 244 g/mol. The van der Waals surface area contributed by atoms with Crippen molar-refractivity contribution in [2.45, 2.75) is 59.0 Å². The molecule has 2 unspecified atom stereocenters. The van der Waals surface area contributed by atoms with Gasteiger partial charge >= 0.3 is 0 Å². The summed E-state index contributed by atoms with van der Waals surface area (Å²) in [4.78, 5) is 2.59. The predicted molar refractivity (Wildman–Crippen MR) is 88.5 cm³/mol. The normalized spacial score (nSPS) is 23.4. The first-order valence-electron chi connectivity index (χ1n) is 8.20. The SMILES string of the molecule is CCCCc1ccc(N2CC(C)NCC2C(C)C)cc1. The lowest BCUT2D eigenvalue weighted by Crippen LogP contribution is -2.57. The van der Waals surface area contributed by atoms with Gasteiger partial charge in [-0.1, -0.05) is 39.3 Å².